The van der Waals surface area contributed by atoms with E-state index < -0.39 is 11.6 Å². The molecule has 0 atom stereocenters. The number of carbonyl (C=O) groups excluding carboxylic acids is 1. The Balaban J connectivity index is 0.00000105. The molecule has 0 fully saturated rings. The third-order valence-corrected chi connectivity index (χ3v) is 4.68. The van der Waals surface area contributed by atoms with Crippen molar-refractivity contribution in [2.24, 2.45) is 0 Å². The average Bonchev–Trinajstić information content (AvgIpc) is 2.88. The van der Waals surface area contributed by atoms with Gasteiger partial charge in [0.1, 0.15) is 23.0 Å². The summed E-state index contributed by atoms with van der Waals surface area (Å²) in [6.07, 6.45) is 0. The average molecular weight is 386 g/mol. The fourth-order valence-electron chi connectivity index (χ4n) is 3.65. The predicted molar refractivity (Wildman–Crippen MR) is 100 cm³/mol. The topological polar surface area (TPSA) is 111 Å². The minimum Gasteiger partial charge on any atom is -0.508 e. The first-order chi connectivity index (χ1) is 12.1. The number of hydrogen-bond acceptors (Lipinski definition) is 6. The van der Waals surface area contributed by atoms with E-state index >= 15 is 0 Å². The van der Waals surface area contributed by atoms with E-state index in [1.54, 1.807) is 24.3 Å². The van der Waals surface area contributed by atoms with Gasteiger partial charge < -0.3 is 25.8 Å². The van der Waals surface area contributed by atoms with Crippen LogP contribution in [0.5, 0.6) is 23.0 Å². The zero-order valence-electron chi connectivity index (χ0n) is 14.0. The third-order valence-electron chi connectivity index (χ3n) is 4.68. The van der Waals surface area contributed by atoms with Crippen molar-refractivity contribution in [3.8, 4) is 23.0 Å². The zero-order chi connectivity index (χ0) is 17.2. The van der Waals surface area contributed by atoms with Crippen LogP contribution in [0.15, 0.2) is 60.7 Å². The highest BCUT2D eigenvalue weighted by Gasteiger charge is 2.53. The van der Waals surface area contributed by atoms with Gasteiger partial charge in [-0.3, -0.25) is 0 Å². The maximum Gasteiger partial charge on any atom is 0.340 e. The molecule has 0 amide bonds. The maximum atomic E-state index is 12.5. The van der Waals surface area contributed by atoms with Crippen molar-refractivity contribution in [3.05, 3.63) is 82.9 Å². The van der Waals surface area contributed by atoms with Gasteiger partial charge in [0.15, 0.2) is 5.60 Å². The van der Waals surface area contributed by atoms with Gasteiger partial charge in [0, 0.05) is 28.8 Å². The molecule has 5 N–H and O–H groups in total. The van der Waals surface area contributed by atoms with Crippen LogP contribution in [0.2, 0.25) is 0 Å². The summed E-state index contributed by atoms with van der Waals surface area (Å²) in [6.45, 7) is 0. The van der Waals surface area contributed by atoms with Crippen LogP contribution in [0, 0.1) is 0 Å². The summed E-state index contributed by atoms with van der Waals surface area (Å²) < 4.78 is 11.8. The lowest BCUT2D eigenvalue weighted by Crippen LogP contribution is -2.32. The van der Waals surface area contributed by atoms with Crippen LogP contribution in [-0.4, -0.2) is 16.2 Å². The van der Waals surface area contributed by atoms with E-state index in [0.717, 1.165) is 0 Å². The minimum atomic E-state index is -1.17. The summed E-state index contributed by atoms with van der Waals surface area (Å²) in [5, 5.41) is 19.7. The highest BCUT2D eigenvalue weighted by atomic mass is 35.5. The number of carbonyl (C=O) groups is 1. The fraction of sp³-hybridized carbons (Fsp3) is 0.0500. The summed E-state index contributed by atoms with van der Waals surface area (Å²) in [7, 11) is 0. The molecule has 0 bridgehead atoms. The molecular formula is C20H16ClNO5. The molecule has 3 aromatic rings. The van der Waals surface area contributed by atoms with Gasteiger partial charge >= 0.3 is 5.97 Å². The Kier molecular flexibility index (Phi) is 4.26. The van der Waals surface area contributed by atoms with Gasteiger partial charge in [-0.25, -0.2) is 4.79 Å². The van der Waals surface area contributed by atoms with Crippen LogP contribution >= 0.6 is 12.4 Å². The summed E-state index contributed by atoms with van der Waals surface area (Å²) in [5.41, 5.74) is 1.28. The quantitative estimate of drug-likeness (QED) is 0.499. The number of phenolic OH excluding ortho intramolecular Hbond substituents is 2. The summed E-state index contributed by atoms with van der Waals surface area (Å²) >= 11 is 0. The largest absolute Gasteiger partial charge is 0.508 e. The molecule has 2 heterocycles. The second-order valence-corrected chi connectivity index (χ2v) is 6.08. The van der Waals surface area contributed by atoms with Gasteiger partial charge in [-0.15, -0.1) is 12.4 Å². The molecule has 0 aromatic heterocycles. The van der Waals surface area contributed by atoms with E-state index in [1.807, 2.05) is 12.1 Å². The van der Waals surface area contributed by atoms with Gasteiger partial charge in [-0.05, 0) is 30.3 Å². The monoisotopic (exact) mass is 385 g/mol. The molecule has 27 heavy (non-hydrogen) atoms. The highest BCUT2D eigenvalue weighted by Crippen LogP contribution is 2.56. The molecule has 0 unspecified atom stereocenters. The second kappa shape index (κ2) is 6.19. The summed E-state index contributed by atoms with van der Waals surface area (Å²) in [6, 6.07) is 16.6. The van der Waals surface area contributed by atoms with E-state index in [1.165, 1.54) is 24.3 Å². The summed E-state index contributed by atoms with van der Waals surface area (Å²) in [5.74, 6) is 0.408. The van der Waals surface area contributed by atoms with E-state index in [9.17, 15) is 15.0 Å². The van der Waals surface area contributed by atoms with E-state index in [-0.39, 0.29) is 30.1 Å². The van der Waals surface area contributed by atoms with Crippen LogP contribution in [0.25, 0.3) is 0 Å². The Bertz CT molecular complexity index is 1010. The minimum absolute atomic E-state index is 0. The molecule has 0 saturated carbocycles. The smallest absolute Gasteiger partial charge is 0.340 e. The number of rotatable bonds is 0. The lowest BCUT2D eigenvalue weighted by atomic mass is 9.77. The molecule has 0 radical (unpaired) electrons. The number of fused-ring (bicyclic) bond motifs is 6. The first-order valence-corrected chi connectivity index (χ1v) is 7.77. The molecule has 7 heteroatoms. The highest BCUT2D eigenvalue weighted by molar-refractivity contribution is 5.97. The van der Waals surface area contributed by atoms with Gasteiger partial charge in [0.25, 0.3) is 0 Å². The number of esters is 1. The standard InChI is InChI=1S/C20H12O5.ClH.H3N/c21-11-5-7-15-17(9-11)24-18-10-12(22)6-8-16(18)20(15)14-4-2-1-3-13(14)19(23)25-20;;/h1-10,21-22H;1H;1H3. The van der Waals surface area contributed by atoms with Crippen molar-refractivity contribution in [2.75, 3.05) is 0 Å². The number of phenols is 2. The molecule has 138 valence electrons. The van der Waals surface area contributed by atoms with Crippen molar-refractivity contribution in [3.63, 3.8) is 0 Å². The van der Waals surface area contributed by atoms with Gasteiger partial charge in [-0.2, -0.15) is 0 Å². The normalized spacial score (nSPS) is 14.6. The molecule has 6 nitrogen and oxygen atoms in total. The van der Waals surface area contributed by atoms with Crippen LogP contribution in [0.4, 0.5) is 0 Å². The van der Waals surface area contributed by atoms with E-state index in [2.05, 4.69) is 0 Å². The predicted octanol–water partition coefficient (Wildman–Crippen LogP) is 4.25. The van der Waals surface area contributed by atoms with Crippen LogP contribution in [0.1, 0.15) is 27.0 Å². The number of hydrogen-bond donors (Lipinski definition) is 3. The van der Waals surface area contributed by atoms with Crippen LogP contribution in [-0.2, 0) is 10.3 Å². The third kappa shape index (κ3) is 2.34. The number of aromatic hydroxyl groups is 2. The Morgan fingerprint density at radius 1 is 0.778 bits per heavy atom. The Labute approximate surface area is 161 Å². The van der Waals surface area contributed by atoms with E-state index in [4.69, 9.17) is 9.47 Å². The van der Waals surface area contributed by atoms with Crippen molar-refractivity contribution in [1.82, 2.24) is 6.15 Å². The molecule has 1 spiro atoms. The fourth-order valence-corrected chi connectivity index (χ4v) is 3.65. The lowest BCUT2D eigenvalue weighted by molar-refractivity contribution is 0.0224. The first kappa shape index (κ1) is 18.6. The molecule has 0 aliphatic carbocycles. The number of ether oxygens (including phenoxy) is 2. The molecule has 2 aliphatic rings. The zero-order valence-corrected chi connectivity index (χ0v) is 14.8. The van der Waals surface area contributed by atoms with E-state index in [0.29, 0.717) is 33.8 Å². The van der Waals surface area contributed by atoms with Gasteiger partial charge in [-0.1, -0.05) is 18.2 Å². The lowest BCUT2D eigenvalue weighted by Gasteiger charge is -2.36. The molecular weight excluding hydrogens is 370 g/mol. The van der Waals surface area contributed by atoms with Crippen molar-refractivity contribution >= 4 is 18.4 Å². The first-order valence-electron chi connectivity index (χ1n) is 7.77. The molecule has 5 rings (SSSR count). The molecule has 2 aliphatic heterocycles. The SMILES string of the molecule is Cl.N.O=C1OC2(c3ccc(O)cc3Oc3cc(O)ccc32)c2ccccc21. The van der Waals surface area contributed by atoms with Crippen molar-refractivity contribution in [1.29, 1.82) is 0 Å². The van der Waals surface area contributed by atoms with Crippen molar-refractivity contribution in [2.45, 2.75) is 5.60 Å². The second-order valence-electron chi connectivity index (χ2n) is 6.08. The summed E-state index contributed by atoms with van der Waals surface area (Å²) in [4.78, 5) is 12.5. The number of halogens is 1. The number of benzene rings is 3. The van der Waals surface area contributed by atoms with Crippen LogP contribution < -0.4 is 10.9 Å². The Morgan fingerprint density at radius 3 is 1.93 bits per heavy atom. The molecule has 3 aromatic carbocycles. The molecule has 0 saturated heterocycles. The Hall–Kier alpha value is -3.22. The maximum absolute atomic E-state index is 12.5. The van der Waals surface area contributed by atoms with Crippen molar-refractivity contribution < 1.29 is 24.5 Å². The van der Waals surface area contributed by atoms with Crippen LogP contribution in [0.3, 0.4) is 0 Å². The Morgan fingerprint density at radius 2 is 1.33 bits per heavy atom. The van der Waals surface area contributed by atoms with Gasteiger partial charge in [0.05, 0.1) is 5.56 Å². The van der Waals surface area contributed by atoms with Gasteiger partial charge in [0.2, 0.25) is 0 Å².